The first kappa shape index (κ1) is 10.9. The van der Waals surface area contributed by atoms with Crippen molar-refractivity contribution >= 4 is 0 Å². The van der Waals surface area contributed by atoms with Gasteiger partial charge in [0.15, 0.2) is 0 Å². The summed E-state index contributed by atoms with van der Waals surface area (Å²) in [4.78, 5) is 8.52. The van der Waals surface area contributed by atoms with Gasteiger partial charge in [-0.05, 0) is 6.54 Å². The van der Waals surface area contributed by atoms with Crippen molar-refractivity contribution in [3.8, 4) is 5.88 Å². The largest absolute Gasteiger partial charge is 0.481 e. The van der Waals surface area contributed by atoms with Crippen molar-refractivity contribution in [3.05, 3.63) is 17.6 Å². The number of rotatable bonds is 4. The number of aryl methyl sites for hydroxylation is 1. The molecule has 1 heterocycles. The number of methoxy groups -OCH3 is 1. The second kappa shape index (κ2) is 4.91. The molecule has 2 N–H and O–H groups in total. The minimum Gasteiger partial charge on any atom is -0.481 e. The zero-order chi connectivity index (χ0) is 10.6. The van der Waals surface area contributed by atoms with Gasteiger partial charge < -0.3 is 10.5 Å². The van der Waals surface area contributed by atoms with Crippen molar-refractivity contribution in [1.82, 2.24) is 9.97 Å². The van der Waals surface area contributed by atoms with Crippen molar-refractivity contribution in [2.45, 2.75) is 26.2 Å². The second-order valence-corrected chi connectivity index (χ2v) is 3.24. The lowest BCUT2D eigenvalue weighted by molar-refractivity contribution is 0.386. The van der Waals surface area contributed by atoms with Crippen LogP contribution in [0.2, 0.25) is 0 Å². The van der Waals surface area contributed by atoms with Crippen LogP contribution in [0, 0.1) is 0 Å². The maximum atomic E-state index is 5.59. The van der Waals surface area contributed by atoms with Gasteiger partial charge in [-0.2, -0.15) is 4.98 Å². The summed E-state index contributed by atoms with van der Waals surface area (Å²) in [6, 6.07) is 0. The molecule has 0 aliphatic heterocycles. The lowest BCUT2D eigenvalue weighted by Gasteiger charge is -2.12. The summed E-state index contributed by atoms with van der Waals surface area (Å²) in [6.07, 6.45) is 2.62. The molecule has 0 aliphatic carbocycles. The first-order valence-electron chi connectivity index (χ1n) is 4.82. The zero-order valence-electron chi connectivity index (χ0n) is 8.95. The molecule has 4 nitrogen and oxygen atoms in total. The smallest absolute Gasteiger partial charge is 0.219 e. The van der Waals surface area contributed by atoms with Crippen molar-refractivity contribution in [1.29, 1.82) is 0 Å². The molecule has 0 aliphatic rings. The van der Waals surface area contributed by atoms with E-state index < -0.39 is 0 Å². The van der Waals surface area contributed by atoms with E-state index in [1.165, 1.54) is 0 Å². The maximum Gasteiger partial charge on any atom is 0.219 e. The summed E-state index contributed by atoms with van der Waals surface area (Å²) < 4.78 is 5.20. The Morgan fingerprint density at radius 3 is 2.79 bits per heavy atom. The Kier molecular flexibility index (Phi) is 3.83. The molecule has 0 saturated heterocycles. The van der Waals surface area contributed by atoms with Crippen molar-refractivity contribution < 1.29 is 4.74 Å². The third kappa shape index (κ3) is 2.20. The number of nitrogens with zero attached hydrogens (tertiary/aromatic N) is 2. The number of hydrogen-bond donors (Lipinski definition) is 1. The monoisotopic (exact) mass is 195 g/mol. The minimum absolute atomic E-state index is 0.232. The highest BCUT2D eigenvalue weighted by molar-refractivity contribution is 5.27. The average molecular weight is 195 g/mol. The standard InChI is InChI=1S/C10H17N3O/c1-4-9-12-6-8(7(2)5-11)10(13-9)14-3/h6-7H,4-5,11H2,1-3H3. The summed E-state index contributed by atoms with van der Waals surface area (Å²) in [5, 5.41) is 0. The number of ether oxygens (including phenoxy) is 1. The molecule has 0 radical (unpaired) electrons. The van der Waals surface area contributed by atoms with Gasteiger partial charge in [0, 0.05) is 24.1 Å². The molecule has 0 saturated carbocycles. The van der Waals surface area contributed by atoms with E-state index in [0.717, 1.165) is 17.8 Å². The van der Waals surface area contributed by atoms with Crippen molar-refractivity contribution in [2.24, 2.45) is 5.73 Å². The molecular weight excluding hydrogens is 178 g/mol. The van der Waals surface area contributed by atoms with Gasteiger partial charge in [-0.3, -0.25) is 0 Å². The Hall–Kier alpha value is -1.16. The van der Waals surface area contributed by atoms with Crippen LogP contribution in [-0.2, 0) is 6.42 Å². The van der Waals surface area contributed by atoms with Gasteiger partial charge >= 0.3 is 0 Å². The number of nitrogens with two attached hydrogens (primary N) is 1. The van der Waals surface area contributed by atoms with Crippen LogP contribution in [-0.4, -0.2) is 23.6 Å². The van der Waals surface area contributed by atoms with Crippen LogP contribution in [0.1, 0.15) is 31.2 Å². The van der Waals surface area contributed by atoms with E-state index in [1.807, 2.05) is 20.0 Å². The summed E-state index contributed by atoms with van der Waals surface area (Å²) in [6.45, 7) is 4.62. The molecule has 0 spiro atoms. The highest BCUT2D eigenvalue weighted by atomic mass is 16.5. The van der Waals surface area contributed by atoms with Gasteiger partial charge in [0.25, 0.3) is 0 Å². The van der Waals surface area contributed by atoms with E-state index in [9.17, 15) is 0 Å². The molecule has 78 valence electrons. The van der Waals surface area contributed by atoms with Crippen LogP contribution in [0.15, 0.2) is 6.20 Å². The normalized spacial score (nSPS) is 12.6. The molecule has 1 rings (SSSR count). The van der Waals surface area contributed by atoms with Gasteiger partial charge in [0.2, 0.25) is 5.88 Å². The number of hydrogen-bond acceptors (Lipinski definition) is 4. The molecule has 0 amide bonds. The summed E-state index contributed by atoms with van der Waals surface area (Å²) >= 11 is 0. The maximum absolute atomic E-state index is 5.59. The predicted molar refractivity (Wildman–Crippen MR) is 55.4 cm³/mol. The van der Waals surface area contributed by atoms with E-state index in [1.54, 1.807) is 7.11 Å². The Morgan fingerprint density at radius 2 is 2.29 bits per heavy atom. The lowest BCUT2D eigenvalue weighted by atomic mass is 10.0. The van der Waals surface area contributed by atoms with Gasteiger partial charge in [0.1, 0.15) is 5.82 Å². The minimum atomic E-state index is 0.232. The van der Waals surface area contributed by atoms with Crippen LogP contribution in [0.3, 0.4) is 0 Å². The van der Waals surface area contributed by atoms with Gasteiger partial charge in [-0.25, -0.2) is 4.98 Å². The zero-order valence-corrected chi connectivity index (χ0v) is 8.95. The quantitative estimate of drug-likeness (QED) is 0.781. The molecule has 1 aromatic rings. The Labute approximate surface area is 84.5 Å². The van der Waals surface area contributed by atoms with Crippen molar-refractivity contribution in [2.75, 3.05) is 13.7 Å². The number of aromatic nitrogens is 2. The molecule has 0 aromatic carbocycles. The summed E-state index contributed by atoms with van der Waals surface area (Å²) in [5.74, 6) is 1.68. The summed E-state index contributed by atoms with van der Waals surface area (Å²) in [5.41, 5.74) is 6.57. The fourth-order valence-corrected chi connectivity index (χ4v) is 1.21. The fourth-order valence-electron chi connectivity index (χ4n) is 1.21. The predicted octanol–water partition coefficient (Wildman–Crippen LogP) is 1.11. The van der Waals surface area contributed by atoms with E-state index >= 15 is 0 Å². The van der Waals surface area contributed by atoms with E-state index in [4.69, 9.17) is 10.5 Å². The lowest BCUT2D eigenvalue weighted by Crippen LogP contribution is -2.12. The molecule has 0 fully saturated rings. The molecule has 1 atom stereocenters. The van der Waals surface area contributed by atoms with Crippen LogP contribution >= 0.6 is 0 Å². The molecule has 1 unspecified atom stereocenters. The third-order valence-electron chi connectivity index (χ3n) is 2.22. The van der Waals surface area contributed by atoms with Crippen molar-refractivity contribution in [3.63, 3.8) is 0 Å². The van der Waals surface area contributed by atoms with E-state index in [-0.39, 0.29) is 5.92 Å². The molecule has 14 heavy (non-hydrogen) atoms. The summed E-state index contributed by atoms with van der Waals surface area (Å²) in [7, 11) is 1.62. The molecular formula is C10H17N3O. The second-order valence-electron chi connectivity index (χ2n) is 3.24. The Bertz CT molecular complexity index is 301. The average Bonchev–Trinajstić information content (AvgIpc) is 2.27. The van der Waals surface area contributed by atoms with E-state index in [0.29, 0.717) is 12.4 Å². The topological polar surface area (TPSA) is 61.0 Å². The molecule has 1 aromatic heterocycles. The fraction of sp³-hybridized carbons (Fsp3) is 0.600. The van der Waals surface area contributed by atoms with Crippen LogP contribution in [0.25, 0.3) is 0 Å². The first-order valence-corrected chi connectivity index (χ1v) is 4.82. The third-order valence-corrected chi connectivity index (χ3v) is 2.22. The molecule has 4 heteroatoms. The SMILES string of the molecule is CCc1ncc(C(C)CN)c(OC)n1. The highest BCUT2D eigenvalue weighted by Gasteiger charge is 2.12. The van der Waals surface area contributed by atoms with Gasteiger partial charge in [0.05, 0.1) is 7.11 Å². The Balaban J connectivity index is 3.04. The van der Waals surface area contributed by atoms with E-state index in [2.05, 4.69) is 9.97 Å². The van der Waals surface area contributed by atoms with Crippen LogP contribution in [0.4, 0.5) is 0 Å². The van der Waals surface area contributed by atoms with Crippen LogP contribution in [0.5, 0.6) is 5.88 Å². The highest BCUT2D eigenvalue weighted by Crippen LogP contribution is 2.22. The van der Waals surface area contributed by atoms with Gasteiger partial charge in [-0.1, -0.05) is 13.8 Å². The van der Waals surface area contributed by atoms with Gasteiger partial charge in [-0.15, -0.1) is 0 Å². The molecule has 0 bridgehead atoms. The first-order chi connectivity index (χ1) is 6.72. The van der Waals surface area contributed by atoms with Crippen LogP contribution < -0.4 is 10.5 Å². The Morgan fingerprint density at radius 1 is 1.57 bits per heavy atom.